The van der Waals surface area contributed by atoms with Gasteiger partial charge in [0.15, 0.2) is 0 Å². The van der Waals surface area contributed by atoms with Crippen LogP contribution in [0.25, 0.3) is 22.1 Å². The zero-order chi connectivity index (χ0) is 24.2. The lowest BCUT2D eigenvalue weighted by Crippen LogP contribution is -2.07. The summed E-state index contributed by atoms with van der Waals surface area (Å²) < 4.78 is 4.67. The summed E-state index contributed by atoms with van der Waals surface area (Å²) in [7, 11) is 0. The van der Waals surface area contributed by atoms with E-state index in [1.807, 2.05) is 36.9 Å². The van der Waals surface area contributed by atoms with Gasteiger partial charge < -0.3 is 9.13 Å². The minimum absolute atomic E-state index is 0.782. The van der Waals surface area contributed by atoms with Crippen LogP contribution in [0.5, 0.6) is 0 Å². The van der Waals surface area contributed by atoms with Crippen LogP contribution in [0.1, 0.15) is 35.6 Å². The molecule has 178 valence electrons. The van der Waals surface area contributed by atoms with Gasteiger partial charge in [0, 0.05) is 37.6 Å². The van der Waals surface area contributed by atoms with Crippen molar-refractivity contribution in [1.82, 2.24) is 29.1 Å². The lowest BCUT2D eigenvalue weighted by Gasteiger charge is -2.11. The van der Waals surface area contributed by atoms with Crippen LogP contribution in [0.2, 0.25) is 0 Å². The van der Waals surface area contributed by atoms with Gasteiger partial charge in [-0.2, -0.15) is 0 Å². The van der Waals surface area contributed by atoms with Gasteiger partial charge in [0.25, 0.3) is 0 Å². The van der Waals surface area contributed by atoms with Gasteiger partial charge >= 0.3 is 0 Å². The highest BCUT2D eigenvalue weighted by Crippen LogP contribution is 2.22. The summed E-state index contributed by atoms with van der Waals surface area (Å²) in [6.45, 7) is 1.56. The van der Waals surface area contributed by atoms with Gasteiger partial charge in [-0.05, 0) is 60.4 Å². The average molecular weight is 473 g/mol. The number of imidazole rings is 2. The number of para-hydroxylation sites is 4. The van der Waals surface area contributed by atoms with Crippen LogP contribution >= 0.6 is 0 Å². The maximum Gasteiger partial charge on any atom is 0.110 e. The standard InChI is InChI=1S/C30H28N6/c1-3-13-27-25(11-1)33-29(35(27)21-23-9-7-17-31-19-23)15-5-6-16-30-34-26-12-2-4-14-28(26)36(30)22-24-10-8-18-32-20-24/h1-4,7-14,17-20H,5-6,15-16,21-22H2. The Morgan fingerprint density at radius 2 is 1.00 bits per heavy atom. The van der Waals surface area contributed by atoms with E-state index >= 15 is 0 Å². The monoisotopic (exact) mass is 472 g/mol. The second kappa shape index (κ2) is 10.1. The molecule has 0 saturated carbocycles. The van der Waals surface area contributed by atoms with Crippen molar-refractivity contribution in [3.63, 3.8) is 0 Å². The van der Waals surface area contributed by atoms with Crippen molar-refractivity contribution in [2.45, 2.75) is 38.8 Å². The quantitative estimate of drug-likeness (QED) is 0.248. The van der Waals surface area contributed by atoms with Gasteiger partial charge in [-0.25, -0.2) is 9.97 Å². The lowest BCUT2D eigenvalue weighted by atomic mass is 10.1. The summed E-state index contributed by atoms with van der Waals surface area (Å²) in [5.74, 6) is 2.26. The van der Waals surface area contributed by atoms with Crippen molar-refractivity contribution in [3.8, 4) is 0 Å². The molecule has 0 aliphatic heterocycles. The lowest BCUT2D eigenvalue weighted by molar-refractivity contribution is 0.637. The summed E-state index contributed by atoms with van der Waals surface area (Å²) >= 11 is 0. The molecule has 0 aliphatic rings. The Morgan fingerprint density at radius 3 is 1.44 bits per heavy atom. The van der Waals surface area contributed by atoms with Gasteiger partial charge in [-0.15, -0.1) is 0 Å². The molecule has 4 aromatic heterocycles. The number of aromatic nitrogens is 6. The first-order chi connectivity index (χ1) is 17.8. The molecule has 0 aliphatic carbocycles. The molecule has 0 unspecified atom stereocenters. The predicted octanol–water partition coefficient (Wildman–Crippen LogP) is 5.84. The van der Waals surface area contributed by atoms with E-state index in [2.05, 4.69) is 79.8 Å². The molecule has 0 spiro atoms. The third-order valence-corrected chi connectivity index (χ3v) is 6.64. The molecule has 36 heavy (non-hydrogen) atoms. The Bertz CT molecular complexity index is 1460. The van der Waals surface area contributed by atoms with Crippen molar-refractivity contribution >= 4 is 22.1 Å². The molecule has 6 nitrogen and oxygen atoms in total. The minimum Gasteiger partial charge on any atom is -0.323 e. The van der Waals surface area contributed by atoms with Gasteiger partial charge in [-0.1, -0.05) is 36.4 Å². The Hall–Kier alpha value is -4.32. The van der Waals surface area contributed by atoms with E-state index in [1.165, 1.54) is 22.2 Å². The van der Waals surface area contributed by atoms with Crippen LogP contribution in [0, 0.1) is 0 Å². The zero-order valence-corrected chi connectivity index (χ0v) is 20.2. The topological polar surface area (TPSA) is 61.4 Å². The molecule has 0 fully saturated rings. The smallest absolute Gasteiger partial charge is 0.110 e. The molecular formula is C30H28N6. The molecule has 6 heteroatoms. The van der Waals surface area contributed by atoms with Crippen LogP contribution in [-0.4, -0.2) is 29.1 Å². The number of unbranched alkanes of at least 4 members (excludes halogenated alkanes) is 1. The molecule has 6 rings (SSSR count). The zero-order valence-electron chi connectivity index (χ0n) is 20.2. The molecule has 0 amide bonds. The van der Waals surface area contributed by atoms with E-state index in [9.17, 15) is 0 Å². The molecule has 4 heterocycles. The van der Waals surface area contributed by atoms with Gasteiger partial charge in [0.1, 0.15) is 11.6 Å². The molecule has 0 atom stereocenters. The Labute approximate surface area is 210 Å². The van der Waals surface area contributed by atoms with Crippen LogP contribution < -0.4 is 0 Å². The third-order valence-electron chi connectivity index (χ3n) is 6.64. The Morgan fingerprint density at radius 1 is 0.528 bits per heavy atom. The van der Waals surface area contributed by atoms with Gasteiger partial charge in [0.05, 0.1) is 35.2 Å². The molecule has 0 bridgehead atoms. The van der Waals surface area contributed by atoms with Crippen molar-refractivity contribution < 1.29 is 0 Å². The van der Waals surface area contributed by atoms with Crippen LogP contribution in [0.4, 0.5) is 0 Å². The molecule has 2 aromatic carbocycles. The van der Waals surface area contributed by atoms with Crippen LogP contribution in [-0.2, 0) is 25.9 Å². The summed E-state index contributed by atoms with van der Waals surface area (Å²) in [6, 6.07) is 25.0. The summed E-state index contributed by atoms with van der Waals surface area (Å²) in [6.07, 6.45) is 11.5. The second-order valence-electron chi connectivity index (χ2n) is 9.14. The van der Waals surface area contributed by atoms with Gasteiger partial charge in [-0.3, -0.25) is 9.97 Å². The number of nitrogens with zero attached hydrogens (tertiary/aromatic N) is 6. The first kappa shape index (κ1) is 22.2. The fourth-order valence-electron chi connectivity index (χ4n) is 4.90. The van der Waals surface area contributed by atoms with Gasteiger partial charge in [0.2, 0.25) is 0 Å². The number of pyridine rings is 2. The highest BCUT2D eigenvalue weighted by molar-refractivity contribution is 5.76. The van der Waals surface area contributed by atoms with E-state index in [-0.39, 0.29) is 0 Å². The molecule has 0 radical (unpaired) electrons. The average Bonchev–Trinajstić information content (AvgIpc) is 3.45. The van der Waals surface area contributed by atoms with E-state index < -0.39 is 0 Å². The first-order valence-corrected chi connectivity index (χ1v) is 12.5. The normalized spacial score (nSPS) is 11.4. The van der Waals surface area contributed by atoms with E-state index in [0.717, 1.165) is 61.5 Å². The van der Waals surface area contributed by atoms with Crippen LogP contribution in [0.3, 0.4) is 0 Å². The SMILES string of the molecule is c1cncc(Cn2c(CCCCc3nc4ccccc4n3Cc3cccnc3)nc3ccccc32)c1. The minimum atomic E-state index is 0.782. The Kier molecular flexibility index (Phi) is 6.23. The van der Waals surface area contributed by atoms with E-state index in [0.29, 0.717) is 0 Å². The van der Waals surface area contributed by atoms with Crippen molar-refractivity contribution in [2.24, 2.45) is 0 Å². The van der Waals surface area contributed by atoms with E-state index in [4.69, 9.17) is 9.97 Å². The number of aryl methyl sites for hydroxylation is 2. The predicted molar refractivity (Wildman–Crippen MR) is 143 cm³/mol. The highest BCUT2D eigenvalue weighted by atomic mass is 15.1. The Balaban J connectivity index is 1.19. The summed E-state index contributed by atoms with van der Waals surface area (Å²) in [5.41, 5.74) is 6.82. The second-order valence-corrected chi connectivity index (χ2v) is 9.14. The number of hydrogen-bond acceptors (Lipinski definition) is 4. The van der Waals surface area contributed by atoms with Crippen molar-refractivity contribution in [1.29, 1.82) is 0 Å². The fourth-order valence-corrected chi connectivity index (χ4v) is 4.90. The van der Waals surface area contributed by atoms with Crippen molar-refractivity contribution in [3.05, 3.63) is 120 Å². The number of fused-ring (bicyclic) bond motifs is 2. The highest BCUT2D eigenvalue weighted by Gasteiger charge is 2.13. The number of benzene rings is 2. The summed E-state index contributed by atoms with van der Waals surface area (Å²) in [4.78, 5) is 18.5. The number of hydrogen-bond donors (Lipinski definition) is 0. The maximum absolute atomic E-state index is 4.98. The van der Waals surface area contributed by atoms with E-state index in [1.54, 1.807) is 0 Å². The maximum atomic E-state index is 4.98. The first-order valence-electron chi connectivity index (χ1n) is 12.5. The largest absolute Gasteiger partial charge is 0.323 e. The van der Waals surface area contributed by atoms with Crippen molar-refractivity contribution in [2.75, 3.05) is 0 Å². The molecule has 6 aromatic rings. The summed E-state index contributed by atoms with van der Waals surface area (Å²) in [5, 5.41) is 0. The molecule has 0 saturated heterocycles. The number of rotatable bonds is 9. The molecular weight excluding hydrogens is 444 g/mol. The third kappa shape index (κ3) is 4.62. The molecule has 0 N–H and O–H groups in total. The fraction of sp³-hybridized carbons (Fsp3) is 0.200. The van der Waals surface area contributed by atoms with Crippen LogP contribution in [0.15, 0.2) is 97.6 Å².